The van der Waals surface area contributed by atoms with Crippen LogP contribution in [0.25, 0.3) is 0 Å². The number of rotatable bonds is 15. The smallest absolute Gasteiger partial charge is 0.326 e. The molecule has 0 bridgehead atoms. The number of nitrogens with one attached hydrogen (secondary N) is 3. The number of amides is 4. The molecule has 5 unspecified atom stereocenters. The lowest BCUT2D eigenvalue weighted by molar-refractivity contribution is -0.143. The fraction of sp³-hybridized carbons (Fsp3) is 0.737. The van der Waals surface area contributed by atoms with Gasteiger partial charge >= 0.3 is 5.97 Å². The standard InChI is InChI=1S/C19H36N6O7/c1-9(2)14(24-16(28)11(21)8-13(22)27)17(29)25-15(10(3)26)18(30)23-12(19(31)32)6-4-5-7-20/h9-12,14-15,26H,4-8,20-21H2,1-3H3,(H2,22,27)(H,23,30)(H,24,28)(H,25,29)(H,31,32). The van der Waals surface area contributed by atoms with Gasteiger partial charge in [-0.05, 0) is 38.6 Å². The molecule has 5 atom stereocenters. The molecule has 4 amide bonds. The van der Waals surface area contributed by atoms with E-state index in [1.807, 2.05) is 0 Å². The number of aliphatic hydroxyl groups excluding tert-OH is 1. The van der Waals surface area contributed by atoms with Crippen molar-refractivity contribution in [3.63, 3.8) is 0 Å². The Morgan fingerprint density at radius 1 is 0.875 bits per heavy atom. The second kappa shape index (κ2) is 14.3. The van der Waals surface area contributed by atoms with E-state index in [1.165, 1.54) is 6.92 Å². The summed E-state index contributed by atoms with van der Waals surface area (Å²) in [6, 6.07) is -5.10. The van der Waals surface area contributed by atoms with Gasteiger partial charge in [0.05, 0.1) is 18.6 Å². The first kappa shape index (κ1) is 29.2. The normalized spacial score (nSPS) is 15.7. The fourth-order valence-electron chi connectivity index (χ4n) is 2.76. The number of aliphatic hydroxyl groups is 1. The Labute approximate surface area is 186 Å². The zero-order chi connectivity index (χ0) is 25.0. The van der Waals surface area contributed by atoms with Crippen LogP contribution >= 0.6 is 0 Å². The van der Waals surface area contributed by atoms with E-state index in [9.17, 15) is 34.2 Å². The van der Waals surface area contributed by atoms with Gasteiger partial charge in [-0.15, -0.1) is 0 Å². The number of hydrogen-bond acceptors (Lipinski definition) is 8. The average Bonchev–Trinajstić information content (AvgIpc) is 2.67. The molecule has 0 saturated heterocycles. The Kier molecular flexibility index (Phi) is 13.1. The number of unbranched alkanes of at least 4 members (excludes halogenated alkanes) is 1. The van der Waals surface area contributed by atoms with Gasteiger partial charge in [0, 0.05) is 0 Å². The molecule has 13 nitrogen and oxygen atoms in total. The average molecular weight is 461 g/mol. The monoisotopic (exact) mass is 460 g/mol. The highest BCUT2D eigenvalue weighted by atomic mass is 16.4. The number of carbonyl (C=O) groups excluding carboxylic acids is 4. The molecule has 0 radical (unpaired) electrons. The first-order chi connectivity index (χ1) is 14.8. The second-order valence-electron chi connectivity index (χ2n) is 7.92. The van der Waals surface area contributed by atoms with E-state index in [0.717, 1.165) is 0 Å². The third-order valence-corrected chi connectivity index (χ3v) is 4.63. The van der Waals surface area contributed by atoms with Crippen molar-refractivity contribution in [1.29, 1.82) is 0 Å². The third-order valence-electron chi connectivity index (χ3n) is 4.63. The Bertz CT molecular complexity index is 671. The minimum atomic E-state index is -1.48. The molecule has 32 heavy (non-hydrogen) atoms. The SMILES string of the molecule is CC(C)C(NC(=O)C(N)CC(N)=O)C(=O)NC(C(=O)NC(CCCCN)C(=O)O)C(C)O. The van der Waals surface area contributed by atoms with E-state index >= 15 is 0 Å². The van der Waals surface area contributed by atoms with Gasteiger partial charge in [-0.25, -0.2) is 4.79 Å². The van der Waals surface area contributed by atoms with Gasteiger partial charge in [0.25, 0.3) is 0 Å². The van der Waals surface area contributed by atoms with Crippen LogP contribution in [0.3, 0.4) is 0 Å². The van der Waals surface area contributed by atoms with Crippen LogP contribution < -0.4 is 33.2 Å². The Morgan fingerprint density at radius 2 is 1.41 bits per heavy atom. The summed E-state index contributed by atoms with van der Waals surface area (Å²) in [5, 5.41) is 26.3. The fourth-order valence-corrected chi connectivity index (χ4v) is 2.76. The first-order valence-electron chi connectivity index (χ1n) is 10.4. The van der Waals surface area contributed by atoms with Crippen molar-refractivity contribution >= 4 is 29.6 Å². The summed E-state index contributed by atoms with van der Waals surface area (Å²) < 4.78 is 0. The first-order valence-corrected chi connectivity index (χ1v) is 10.4. The summed E-state index contributed by atoms with van der Waals surface area (Å²) >= 11 is 0. The number of hydrogen-bond donors (Lipinski definition) is 8. The minimum absolute atomic E-state index is 0.126. The lowest BCUT2D eigenvalue weighted by Crippen LogP contribution is -2.60. The minimum Gasteiger partial charge on any atom is -0.480 e. The van der Waals surface area contributed by atoms with Gasteiger partial charge in [0.2, 0.25) is 23.6 Å². The predicted molar refractivity (Wildman–Crippen MR) is 115 cm³/mol. The van der Waals surface area contributed by atoms with E-state index in [-0.39, 0.29) is 6.42 Å². The van der Waals surface area contributed by atoms with E-state index in [4.69, 9.17) is 17.2 Å². The number of aliphatic carboxylic acids is 1. The molecule has 13 heteroatoms. The second-order valence-corrected chi connectivity index (χ2v) is 7.92. The Morgan fingerprint density at radius 3 is 1.84 bits per heavy atom. The molecule has 0 aliphatic heterocycles. The van der Waals surface area contributed by atoms with Gasteiger partial charge in [-0.3, -0.25) is 19.2 Å². The summed E-state index contributed by atoms with van der Waals surface area (Å²) in [6.45, 7) is 4.87. The third kappa shape index (κ3) is 10.5. The van der Waals surface area contributed by atoms with Crippen LogP contribution in [0.1, 0.15) is 46.5 Å². The van der Waals surface area contributed by atoms with Gasteiger partial charge in [-0.2, -0.15) is 0 Å². The largest absolute Gasteiger partial charge is 0.480 e. The van der Waals surface area contributed by atoms with Gasteiger partial charge in [-0.1, -0.05) is 13.8 Å². The topological polar surface area (TPSA) is 240 Å². The van der Waals surface area contributed by atoms with Crippen LogP contribution in [0.4, 0.5) is 0 Å². The van der Waals surface area contributed by atoms with Crippen molar-refractivity contribution in [1.82, 2.24) is 16.0 Å². The number of carbonyl (C=O) groups is 5. The van der Waals surface area contributed by atoms with Crippen LogP contribution in [0.15, 0.2) is 0 Å². The van der Waals surface area contributed by atoms with Crippen molar-refractivity contribution in [3.8, 4) is 0 Å². The number of nitrogens with two attached hydrogens (primary N) is 3. The maximum atomic E-state index is 12.7. The lowest BCUT2D eigenvalue weighted by Gasteiger charge is -2.28. The molecular formula is C19H36N6O7. The molecule has 0 aliphatic rings. The predicted octanol–water partition coefficient (Wildman–Crippen LogP) is -3.11. The van der Waals surface area contributed by atoms with Crippen molar-refractivity contribution in [2.75, 3.05) is 6.54 Å². The van der Waals surface area contributed by atoms with Crippen LogP contribution in [-0.2, 0) is 24.0 Å². The van der Waals surface area contributed by atoms with E-state index in [1.54, 1.807) is 13.8 Å². The van der Waals surface area contributed by atoms with Crippen LogP contribution in [0, 0.1) is 5.92 Å². The highest BCUT2D eigenvalue weighted by Crippen LogP contribution is 2.06. The zero-order valence-electron chi connectivity index (χ0n) is 18.7. The molecule has 0 aromatic heterocycles. The Balaban J connectivity index is 5.30. The quantitative estimate of drug-likeness (QED) is 0.115. The molecule has 11 N–H and O–H groups in total. The van der Waals surface area contributed by atoms with Crippen LogP contribution in [0.2, 0.25) is 0 Å². The molecule has 0 aromatic rings. The highest BCUT2D eigenvalue weighted by molar-refractivity contribution is 5.95. The van der Waals surface area contributed by atoms with Crippen molar-refractivity contribution in [2.45, 2.75) is 76.7 Å². The lowest BCUT2D eigenvalue weighted by atomic mass is 10.0. The van der Waals surface area contributed by atoms with Crippen molar-refractivity contribution in [3.05, 3.63) is 0 Å². The number of primary amides is 1. The maximum Gasteiger partial charge on any atom is 0.326 e. The highest BCUT2D eigenvalue weighted by Gasteiger charge is 2.33. The summed E-state index contributed by atoms with van der Waals surface area (Å²) in [7, 11) is 0. The maximum absolute atomic E-state index is 12.7. The Hall–Kier alpha value is -2.77. The van der Waals surface area contributed by atoms with Gasteiger partial charge < -0.3 is 43.4 Å². The van der Waals surface area contributed by atoms with Gasteiger partial charge in [0.15, 0.2) is 0 Å². The summed E-state index contributed by atoms with van der Waals surface area (Å²) in [6.07, 6.45) is -0.618. The zero-order valence-corrected chi connectivity index (χ0v) is 18.7. The summed E-state index contributed by atoms with van der Waals surface area (Å²) in [5.74, 6) is -4.98. The molecule has 0 fully saturated rings. The van der Waals surface area contributed by atoms with Crippen LogP contribution in [-0.4, -0.2) is 76.6 Å². The molecule has 0 aliphatic carbocycles. The number of carboxylic acids is 1. The van der Waals surface area contributed by atoms with Crippen molar-refractivity contribution in [2.24, 2.45) is 23.1 Å². The molecule has 0 saturated carbocycles. The summed E-state index contributed by atoms with van der Waals surface area (Å²) in [4.78, 5) is 59.8. The molecule has 0 rings (SSSR count). The van der Waals surface area contributed by atoms with E-state index < -0.39 is 72.2 Å². The van der Waals surface area contributed by atoms with E-state index in [2.05, 4.69) is 16.0 Å². The van der Waals surface area contributed by atoms with Gasteiger partial charge in [0.1, 0.15) is 18.1 Å². The molecule has 0 spiro atoms. The molecule has 184 valence electrons. The van der Waals surface area contributed by atoms with Crippen LogP contribution in [0.5, 0.6) is 0 Å². The van der Waals surface area contributed by atoms with E-state index in [0.29, 0.717) is 19.4 Å². The van der Waals surface area contributed by atoms with Crippen molar-refractivity contribution < 1.29 is 34.2 Å². The number of carboxylic acid groups (broad SMARTS) is 1. The summed E-state index contributed by atoms with van der Waals surface area (Å²) in [5.41, 5.74) is 16.0. The molecular weight excluding hydrogens is 424 g/mol. The molecule has 0 aromatic carbocycles. The molecule has 0 heterocycles.